The van der Waals surface area contributed by atoms with Gasteiger partial charge in [-0.1, -0.05) is 13.8 Å². The molecule has 102 valence electrons. The van der Waals surface area contributed by atoms with Gasteiger partial charge in [0, 0.05) is 0 Å². The van der Waals surface area contributed by atoms with E-state index in [1.807, 2.05) is 0 Å². The van der Waals surface area contributed by atoms with Crippen LogP contribution in [0, 0.1) is 11.8 Å². The first-order chi connectivity index (χ1) is 8.32. The molecule has 0 radical (unpaired) electrons. The van der Waals surface area contributed by atoms with Crippen LogP contribution in [0.15, 0.2) is 0 Å². The Bertz CT molecular complexity index is 352. The lowest BCUT2D eigenvalue weighted by atomic mass is 10.0. The smallest absolute Gasteiger partial charge is 0.326 e. The lowest BCUT2D eigenvalue weighted by molar-refractivity contribution is -0.142. The molecule has 0 bridgehead atoms. The minimum Gasteiger partial charge on any atom is -0.480 e. The molecule has 0 heterocycles. The third-order valence-corrected chi connectivity index (χ3v) is 2.90. The van der Waals surface area contributed by atoms with Crippen LogP contribution in [0.4, 0.5) is 4.79 Å². The molecule has 0 saturated heterocycles. The lowest BCUT2D eigenvalue weighted by Gasteiger charge is -2.23. The molecular weight excluding hydrogens is 238 g/mol. The van der Waals surface area contributed by atoms with Crippen molar-refractivity contribution in [2.45, 2.75) is 38.8 Å². The predicted molar refractivity (Wildman–Crippen MR) is 63.6 cm³/mol. The normalized spacial score (nSPS) is 17.9. The van der Waals surface area contributed by atoms with Gasteiger partial charge in [-0.2, -0.15) is 0 Å². The van der Waals surface area contributed by atoms with Gasteiger partial charge in [-0.3, -0.25) is 4.79 Å². The highest BCUT2D eigenvalue weighted by molar-refractivity contribution is 5.90. The van der Waals surface area contributed by atoms with Gasteiger partial charge in [-0.05, 0) is 24.7 Å². The molecule has 18 heavy (non-hydrogen) atoms. The summed E-state index contributed by atoms with van der Waals surface area (Å²) in [6.07, 6.45) is 1.60. The predicted octanol–water partition coefficient (Wildman–Crippen LogP) is -0.341. The van der Waals surface area contributed by atoms with Crippen molar-refractivity contribution >= 4 is 17.9 Å². The Labute approximate surface area is 105 Å². The summed E-state index contributed by atoms with van der Waals surface area (Å²) in [7, 11) is 0. The van der Waals surface area contributed by atoms with Gasteiger partial charge in [-0.15, -0.1) is 0 Å². The number of carbonyl (C=O) groups excluding carboxylic acids is 2. The van der Waals surface area contributed by atoms with Crippen LogP contribution in [-0.2, 0) is 9.59 Å². The molecule has 2 atom stereocenters. The van der Waals surface area contributed by atoms with E-state index in [4.69, 9.17) is 10.8 Å². The second-order valence-corrected chi connectivity index (χ2v) is 4.89. The van der Waals surface area contributed by atoms with Crippen LogP contribution in [0.3, 0.4) is 0 Å². The first kappa shape index (κ1) is 14.3. The van der Waals surface area contributed by atoms with Crippen LogP contribution in [0.25, 0.3) is 0 Å². The van der Waals surface area contributed by atoms with E-state index in [2.05, 4.69) is 10.6 Å². The maximum absolute atomic E-state index is 11.9. The van der Waals surface area contributed by atoms with Crippen molar-refractivity contribution in [2.75, 3.05) is 0 Å². The molecular formula is C11H19N3O4. The molecule has 5 N–H and O–H groups in total. The van der Waals surface area contributed by atoms with Crippen LogP contribution in [0.1, 0.15) is 26.7 Å². The molecule has 1 aliphatic rings. The summed E-state index contributed by atoms with van der Waals surface area (Å²) in [5, 5.41) is 13.8. The second-order valence-electron chi connectivity index (χ2n) is 4.89. The Morgan fingerprint density at radius 1 is 1.22 bits per heavy atom. The number of primary amides is 1. The van der Waals surface area contributed by atoms with E-state index in [0.29, 0.717) is 0 Å². The fraction of sp³-hybridized carbons (Fsp3) is 0.727. The van der Waals surface area contributed by atoms with Gasteiger partial charge in [0.05, 0.1) is 0 Å². The Morgan fingerprint density at radius 3 is 2.11 bits per heavy atom. The van der Waals surface area contributed by atoms with Gasteiger partial charge in [-0.25, -0.2) is 9.59 Å². The molecule has 1 rings (SSSR count). The number of amides is 3. The number of carboxylic acid groups (broad SMARTS) is 1. The molecule has 1 saturated carbocycles. The molecule has 0 spiro atoms. The van der Waals surface area contributed by atoms with Gasteiger partial charge in [0.1, 0.15) is 12.1 Å². The average molecular weight is 257 g/mol. The quantitative estimate of drug-likeness (QED) is 0.520. The van der Waals surface area contributed by atoms with E-state index >= 15 is 0 Å². The Morgan fingerprint density at radius 2 is 1.78 bits per heavy atom. The Hall–Kier alpha value is -1.79. The number of urea groups is 1. The van der Waals surface area contributed by atoms with Crippen LogP contribution >= 0.6 is 0 Å². The minimum absolute atomic E-state index is 0.00663. The summed E-state index contributed by atoms with van der Waals surface area (Å²) in [6.45, 7) is 3.49. The molecule has 7 heteroatoms. The molecule has 3 amide bonds. The summed E-state index contributed by atoms with van der Waals surface area (Å²) in [5.41, 5.74) is 4.99. The molecule has 2 unspecified atom stereocenters. The number of carbonyl (C=O) groups is 3. The maximum Gasteiger partial charge on any atom is 0.326 e. The molecule has 1 fully saturated rings. The minimum atomic E-state index is -1.05. The van der Waals surface area contributed by atoms with E-state index < -0.39 is 30.0 Å². The molecule has 0 aromatic heterocycles. The first-order valence-corrected chi connectivity index (χ1v) is 5.92. The Balaban J connectivity index is 2.64. The third-order valence-electron chi connectivity index (χ3n) is 2.90. The highest BCUT2D eigenvalue weighted by Gasteiger charge is 2.38. The summed E-state index contributed by atoms with van der Waals surface area (Å²) >= 11 is 0. The summed E-state index contributed by atoms with van der Waals surface area (Å²) in [5.74, 6) is -1.74. The van der Waals surface area contributed by atoms with Gasteiger partial charge < -0.3 is 21.5 Å². The van der Waals surface area contributed by atoms with E-state index in [-0.39, 0.29) is 11.8 Å². The van der Waals surface area contributed by atoms with Crippen molar-refractivity contribution in [3.63, 3.8) is 0 Å². The highest BCUT2D eigenvalue weighted by atomic mass is 16.4. The number of aliphatic carboxylic acids is 1. The van der Waals surface area contributed by atoms with Crippen LogP contribution in [0.2, 0.25) is 0 Å². The van der Waals surface area contributed by atoms with Crippen LogP contribution in [0.5, 0.6) is 0 Å². The number of hydrogen-bond acceptors (Lipinski definition) is 3. The molecule has 0 aromatic rings. The first-order valence-electron chi connectivity index (χ1n) is 5.92. The number of hydrogen-bond donors (Lipinski definition) is 4. The van der Waals surface area contributed by atoms with Crippen molar-refractivity contribution in [2.24, 2.45) is 17.6 Å². The van der Waals surface area contributed by atoms with Crippen LogP contribution in [-0.4, -0.2) is 35.1 Å². The summed E-state index contributed by atoms with van der Waals surface area (Å²) < 4.78 is 0. The number of nitrogens with one attached hydrogen (secondary N) is 2. The average Bonchev–Trinajstić information content (AvgIpc) is 3.04. The van der Waals surface area contributed by atoms with Crippen molar-refractivity contribution in [3.8, 4) is 0 Å². The van der Waals surface area contributed by atoms with Crippen LogP contribution < -0.4 is 16.4 Å². The monoisotopic (exact) mass is 257 g/mol. The highest BCUT2D eigenvalue weighted by Crippen LogP contribution is 2.32. The summed E-state index contributed by atoms with van der Waals surface area (Å²) in [4.78, 5) is 33.7. The molecule has 7 nitrogen and oxygen atoms in total. The molecule has 1 aliphatic carbocycles. The van der Waals surface area contributed by atoms with E-state index in [1.54, 1.807) is 13.8 Å². The zero-order valence-electron chi connectivity index (χ0n) is 10.5. The van der Waals surface area contributed by atoms with Crippen molar-refractivity contribution in [3.05, 3.63) is 0 Å². The maximum atomic E-state index is 11.9. The van der Waals surface area contributed by atoms with E-state index in [0.717, 1.165) is 12.8 Å². The van der Waals surface area contributed by atoms with Crippen molar-refractivity contribution in [1.29, 1.82) is 0 Å². The van der Waals surface area contributed by atoms with Gasteiger partial charge in [0.25, 0.3) is 0 Å². The zero-order chi connectivity index (χ0) is 13.9. The number of rotatable bonds is 6. The topological polar surface area (TPSA) is 122 Å². The standard InChI is InChI=1S/C11H19N3O4/c1-5(2)7(14-11(12)18)9(15)13-8(10(16)17)6-3-4-6/h5-8H,3-4H2,1-2H3,(H,13,15)(H,16,17)(H3,12,14,18). The molecule has 0 aromatic carbocycles. The lowest BCUT2D eigenvalue weighted by Crippen LogP contribution is -2.55. The fourth-order valence-corrected chi connectivity index (χ4v) is 1.74. The second kappa shape index (κ2) is 5.70. The Kier molecular flexibility index (Phi) is 4.52. The van der Waals surface area contributed by atoms with E-state index in [9.17, 15) is 14.4 Å². The SMILES string of the molecule is CC(C)C(NC(N)=O)C(=O)NC(C(=O)O)C1CC1. The zero-order valence-corrected chi connectivity index (χ0v) is 10.5. The fourth-order valence-electron chi connectivity index (χ4n) is 1.74. The summed E-state index contributed by atoms with van der Waals surface area (Å²) in [6, 6.07) is -2.50. The van der Waals surface area contributed by atoms with Crippen molar-refractivity contribution < 1.29 is 19.5 Å². The third kappa shape index (κ3) is 3.90. The largest absolute Gasteiger partial charge is 0.480 e. The van der Waals surface area contributed by atoms with Gasteiger partial charge in [0.2, 0.25) is 5.91 Å². The van der Waals surface area contributed by atoms with Gasteiger partial charge in [0.15, 0.2) is 0 Å². The van der Waals surface area contributed by atoms with E-state index in [1.165, 1.54) is 0 Å². The van der Waals surface area contributed by atoms with Crippen molar-refractivity contribution in [1.82, 2.24) is 10.6 Å². The number of carboxylic acids is 1. The number of nitrogens with two attached hydrogens (primary N) is 1. The van der Waals surface area contributed by atoms with Gasteiger partial charge >= 0.3 is 12.0 Å². The molecule has 0 aliphatic heterocycles.